The summed E-state index contributed by atoms with van der Waals surface area (Å²) in [5, 5.41) is 8.59. The van der Waals surface area contributed by atoms with E-state index >= 15 is 0 Å². The first kappa shape index (κ1) is 22.6. The predicted molar refractivity (Wildman–Crippen MR) is 120 cm³/mol. The smallest absolute Gasteiger partial charge is 0.256 e. The van der Waals surface area contributed by atoms with E-state index in [1.54, 1.807) is 0 Å². The van der Waals surface area contributed by atoms with Crippen LogP contribution in [0.1, 0.15) is 48.0 Å². The number of nitrogens with two attached hydrogens (primary N) is 1. The molecule has 2 aromatic carbocycles. The Bertz CT molecular complexity index is 1100. The van der Waals surface area contributed by atoms with Crippen molar-refractivity contribution in [1.29, 1.82) is 0 Å². The van der Waals surface area contributed by atoms with Crippen LogP contribution in [0.4, 0.5) is 0 Å². The molecule has 0 radical (unpaired) electrons. The Morgan fingerprint density at radius 3 is 2.50 bits per heavy atom. The molecule has 4 rings (SSSR count). The number of carbonyl (C=O) groups excluding carboxylic acids is 1. The summed E-state index contributed by atoms with van der Waals surface area (Å²) in [6.07, 6.45) is 4.82. The van der Waals surface area contributed by atoms with Gasteiger partial charge in [-0.1, -0.05) is 30.3 Å². The molecule has 2 aliphatic rings. The summed E-state index contributed by atoms with van der Waals surface area (Å²) in [7, 11) is -1.33. The summed E-state index contributed by atoms with van der Waals surface area (Å²) in [5.41, 5.74) is 0.821. The molecule has 0 spiro atoms. The Labute approximate surface area is 188 Å². The van der Waals surface area contributed by atoms with Crippen LogP contribution in [0.5, 0.6) is 11.5 Å². The predicted octanol–water partition coefficient (Wildman–Crippen LogP) is 2.63. The van der Waals surface area contributed by atoms with E-state index in [0.717, 1.165) is 38.6 Å². The van der Waals surface area contributed by atoms with Crippen molar-refractivity contribution in [1.82, 2.24) is 10.2 Å². The molecule has 2 fully saturated rings. The highest BCUT2D eigenvalue weighted by Crippen LogP contribution is 2.44. The number of nitrogens with zero attached hydrogens (tertiary/aromatic N) is 1. The molecule has 0 aromatic heterocycles. The quantitative estimate of drug-likeness (QED) is 0.659. The van der Waals surface area contributed by atoms with Gasteiger partial charge in [-0.15, -0.1) is 0 Å². The van der Waals surface area contributed by atoms with Gasteiger partial charge in [0.2, 0.25) is 10.0 Å². The third-order valence-corrected chi connectivity index (χ3v) is 7.52. The highest BCUT2D eigenvalue weighted by Gasteiger charge is 2.49. The van der Waals surface area contributed by atoms with Crippen LogP contribution in [-0.4, -0.2) is 45.1 Å². The fourth-order valence-electron chi connectivity index (χ4n) is 5.06. The van der Waals surface area contributed by atoms with Crippen molar-refractivity contribution in [2.24, 2.45) is 5.14 Å². The van der Waals surface area contributed by atoms with E-state index in [2.05, 4.69) is 22.3 Å². The number of nitrogens with one attached hydrogen (secondary N) is 1. The van der Waals surface area contributed by atoms with Crippen molar-refractivity contribution in [2.45, 2.75) is 55.2 Å². The lowest BCUT2D eigenvalue weighted by atomic mass is 9.95. The van der Waals surface area contributed by atoms with E-state index < -0.39 is 21.6 Å². The van der Waals surface area contributed by atoms with Gasteiger partial charge in [-0.2, -0.15) is 0 Å². The summed E-state index contributed by atoms with van der Waals surface area (Å²) < 4.78 is 34.7. The van der Waals surface area contributed by atoms with Crippen LogP contribution >= 0.6 is 0 Å². The molecular weight excluding hydrogens is 430 g/mol. The SMILES string of the molecule is COc1cc(OC)c(S(N)(=O)=O)cc1C(=O)NC12CCCC(CC1)N2Cc1ccccc1. The molecule has 2 aromatic rings. The average molecular weight is 460 g/mol. The summed E-state index contributed by atoms with van der Waals surface area (Å²) in [6, 6.07) is 13.2. The molecule has 32 heavy (non-hydrogen) atoms. The number of amides is 1. The molecule has 3 N–H and O–H groups in total. The van der Waals surface area contributed by atoms with E-state index in [4.69, 9.17) is 14.6 Å². The Balaban J connectivity index is 1.67. The molecule has 0 saturated carbocycles. The number of hydrogen-bond acceptors (Lipinski definition) is 6. The van der Waals surface area contributed by atoms with Crippen LogP contribution in [-0.2, 0) is 16.6 Å². The fraction of sp³-hybridized carbons (Fsp3) is 0.435. The molecule has 1 amide bonds. The van der Waals surface area contributed by atoms with Crippen LogP contribution in [0, 0.1) is 0 Å². The molecule has 2 bridgehead atoms. The number of sulfonamides is 1. The lowest BCUT2D eigenvalue weighted by molar-refractivity contribution is 0.0184. The maximum atomic E-state index is 13.5. The van der Waals surface area contributed by atoms with Gasteiger partial charge in [-0.3, -0.25) is 9.69 Å². The third-order valence-electron chi connectivity index (χ3n) is 6.59. The van der Waals surface area contributed by atoms with Gasteiger partial charge in [0.1, 0.15) is 16.4 Å². The van der Waals surface area contributed by atoms with Crippen LogP contribution in [0.25, 0.3) is 0 Å². The number of carbonyl (C=O) groups is 1. The topological polar surface area (TPSA) is 111 Å². The minimum absolute atomic E-state index is 0.0309. The highest BCUT2D eigenvalue weighted by atomic mass is 32.2. The van der Waals surface area contributed by atoms with Gasteiger partial charge in [0, 0.05) is 18.7 Å². The third kappa shape index (κ3) is 4.20. The van der Waals surface area contributed by atoms with Crippen molar-refractivity contribution in [3.63, 3.8) is 0 Å². The largest absolute Gasteiger partial charge is 0.496 e. The molecule has 9 heteroatoms. The van der Waals surface area contributed by atoms with E-state index in [-0.39, 0.29) is 22.0 Å². The molecule has 2 heterocycles. The summed E-state index contributed by atoms with van der Waals surface area (Å²) in [5.74, 6) is -0.138. The van der Waals surface area contributed by atoms with Crippen molar-refractivity contribution in [2.75, 3.05) is 14.2 Å². The number of ether oxygens (including phenoxy) is 2. The molecule has 0 aliphatic carbocycles. The number of piperidine rings is 1. The second-order valence-electron chi connectivity index (χ2n) is 8.43. The summed E-state index contributed by atoms with van der Waals surface area (Å²) in [4.78, 5) is 15.6. The number of hydrogen-bond donors (Lipinski definition) is 2. The van der Waals surface area contributed by atoms with Crippen LogP contribution in [0.3, 0.4) is 0 Å². The Hall–Kier alpha value is -2.62. The van der Waals surface area contributed by atoms with E-state index in [9.17, 15) is 13.2 Å². The van der Waals surface area contributed by atoms with Crippen LogP contribution in [0.2, 0.25) is 0 Å². The van der Waals surface area contributed by atoms with Crippen molar-refractivity contribution in [3.8, 4) is 11.5 Å². The van der Waals surface area contributed by atoms with Gasteiger partial charge in [-0.25, -0.2) is 13.6 Å². The lowest BCUT2D eigenvalue weighted by Gasteiger charge is -2.45. The summed E-state index contributed by atoms with van der Waals surface area (Å²) in [6.45, 7) is 0.744. The number of methoxy groups -OCH3 is 2. The van der Waals surface area contributed by atoms with Crippen molar-refractivity contribution >= 4 is 15.9 Å². The Morgan fingerprint density at radius 1 is 1.12 bits per heavy atom. The zero-order valence-electron chi connectivity index (χ0n) is 18.3. The normalized spacial score (nSPS) is 23.0. The Morgan fingerprint density at radius 2 is 1.84 bits per heavy atom. The molecule has 8 nitrogen and oxygen atoms in total. The zero-order chi connectivity index (χ0) is 22.9. The van der Waals surface area contributed by atoms with Crippen LogP contribution in [0.15, 0.2) is 47.4 Å². The molecular formula is C23H29N3O5S. The molecule has 172 valence electrons. The minimum Gasteiger partial charge on any atom is -0.496 e. The fourth-order valence-corrected chi connectivity index (χ4v) is 5.76. The molecule has 2 saturated heterocycles. The van der Waals surface area contributed by atoms with Gasteiger partial charge in [-0.05, 0) is 43.7 Å². The molecule has 2 unspecified atom stereocenters. The first-order valence-corrected chi connectivity index (χ1v) is 12.2. The van der Waals surface area contributed by atoms with Gasteiger partial charge in [0.15, 0.2) is 0 Å². The van der Waals surface area contributed by atoms with Crippen molar-refractivity contribution in [3.05, 3.63) is 53.6 Å². The standard InChI is InChI=1S/C23H29N3O5S/c1-30-19-14-20(31-2)21(32(24,28)29)13-18(19)22(27)25-23-11-6-9-17(10-12-23)26(23)15-16-7-4-3-5-8-16/h3-5,7-8,13-14,17H,6,9-12,15H2,1-2H3,(H,25,27)(H2,24,28,29). The van der Waals surface area contributed by atoms with E-state index in [0.29, 0.717) is 6.04 Å². The second kappa shape index (κ2) is 8.73. The lowest BCUT2D eigenvalue weighted by Crippen LogP contribution is -2.60. The Kier molecular flexibility index (Phi) is 6.15. The molecule has 2 atom stereocenters. The number of fused-ring (bicyclic) bond motifs is 2. The molecule has 2 aliphatic heterocycles. The van der Waals surface area contributed by atoms with Gasteiger partial charge in [0.05, 0.1) is 25.4 Å². The highest BCUT2D eigenvalue weighted by molar-refractivity contribution is 7.89. The first-order valence-electron chi connectivity index (χ1n) is 10.7. The van der Waals surface area contributed by atoms with Gasteiger partial charge >= 0.3 is 0 Å². The maximum absolute atomic E-state index is 13.5. The van der Waals surface area contributed by atoms with Gasteiger partial charge in [0.25, 0.3) is 5.91 Å². The zero-order valence-corrected chi connectivity index (χ0v) is 19.2. The number of benzene rings is 2. The van der Waals surface area contributed by atoms with E-state index in [1.807, 2.05) is 18.2 Å². The average Bonchev–Trinajstić information content (AvgIpc) is 2.95. The minimum atomic E-state index is -4.09. The monoisotopic (exact) mass is 459 g/mol. The number of rotatable bonds is 7. The van der Waals surface area contributed by atoms with E-state index in [1.165, 1.54) is 31.9 Å². The second-order valence-corrected chi connectivity index (χ2v) is 9.96. The summed E-state index contributed by atoms with van der Waals surface area (Å²) >= 11 is 0. The first-order chi connectivity index (χ1) is 15.3. The maximum Gasteiger partial charge on any atom is 0.256 e. The number of primary sulfonamides is 1. The van der Waals surface area contributed by atoms with Gasteiger partial charge < -0.3 is 14.8 Å². The van der Waals surface area contributed by atoms with Crippen LogP contribution < -0.4 is 19.9 Å². The van der Waals surface area contributed by atoms with Crippen molar-refractivity contribution < 1.29 is 22.7 Å².